The molecule has 0 saturated carbocycles. The lowest BCUT2D eigenvalue weighted by Crippen LogP contribution is -2.16. The minimum absolute atomic E-state index is 0. The van der Waals surface area contributed by atoms with E-state index in [4.69, 9.17) is 9.47 Å². The maximum Gasteiger partial charge on any atom is 0.166 e. The quantitative estimate of drug-likeness (QED) is 0.421. The molecule has 0 fully saturated rings. The summed E-state index contributed by atoms with van der Waals surface area (Å²) in [6.45, 7) is 2.06. The molecular weight excluding hydrogens is 377 g/mol. The molecule has 2 aromatic carbocycles. The Hall–Kier alpha value is -2.04. The van der Waals surface area contributed by atoms with Gasteiger partial charge in [0.25, 0.3) is 0 Å². The van der Waals surface area contributed by atoms with Crippen LogP contribution < -0.4 is 14.8 Å². The third-order valence-corrected chi connectivity index (χ3v) is 4.90. The second kappa shape index (κ2) is 11.7. The highest BCUT2D eigenvalue weighted by atomic mass is 35.5. The van der Waals surface area contributed by atoms with Gasteiger partial charge in [-0.15, -0.1) is 12.4 Å². The first-order valence-corrected chi connectivity index (χ1v) is 9.68. The fourth-order valence-corrected chi connectivity index (χ4v) is 3.36. The molecule has 5 heteroatoms. The summed E-state index contributed by atoms with van der Waals surface area (Å²) in [5, 5.41) is 3.52. The summed E-state index contributed by atoms with van der Waals surface area (Å²) in [5.41, 5.74) is 3.56. The van der Waals surface area contributed by atoms with Crippen molar-refractivity contribution in [3.63, 3.8) is 0 Å². The molecule has 28 heavy (non-hydrogen) atoms. The molecule has 2 aromatic rings. The SMILES string of the molecule is COc1cccc(CNCCC2=CCCCC2)c1OCc1ccc(F)cc1.Cl. The fraction of sp³-hybridized carbons (Fsp3) is 0.391. The van der Waals surface area contributed by atoms with Crippen molar-refractivity contribution in [2.45, 2.75) is 45.3 Å². The highest BCUT2D eigenvalue weighted by Crippen LogP contribution is 2.32. The van der Waals surface area contributed by atoms with Gasteiger partial charge in [-0.2, -0.15) is 0 Å². The summed E-state index contributed by atoms with van der Waals surface area (Å²) in [6.07, 6.45) is 8.63. The van der Waals surface area contributed by atoms with Crippen molar-refractivity contribution in [2.24, 2.45) is 0 Å². The zero-order valence-corrected chi connectivity index (χ0v) is 17.2. The number of allylic oxidation sites excluding steroid dienone is 1. The molecule has 0 spiro atoms. The molecule has 3 rings (SSSR count). The lowest BCUT2D eigenvalue weighted by molar-refractivity contribution is 0.280. The molecule has 152 valence electrons. The van der Waals surface area contributed by atoms with Crippen LogP contribution in [-0.2, 0) is 13.2 Å². The second-order valence-electron chi connectivity index (χ2n) is 6.90. The fourth-order valence-electron chi connectivity index (χ4n) is 3.36. The van der Waals surface area contributed by atoms with Gasteiger partial charge in [0, 0.05) is 12.1 Å². The standard InChI is InChI=1S/C23H28FNO2.ClH/c1-26-22-9-5-8-20(16-25-15-14-18-6-3-2-4-7-18)23(22)27-17-19-10-12-21(24)13-11-19;/h5-6,8-13,25H,2-4,7,14-17H2,1H3;1H. The first kappa shape index (κ1) is 22.3. The molecule has 0 aliphatic heterocycles. The number of nitrogens with one attached hydrogen (secondary N) is 1. The maximum atomic E-state index is 13.1. The van der Waals surface area contributed by atoms with Crippen molar-refractivity contribution < 1.29 is 13.9 Å². The predicted molar refractivity (Wildman–Crippen MR) is 114 cm³/mol. The van der Waals surface area contributed by atoms with E-state index < -0.39 is 0 Å². The minimum atomic E-state index is -0.242. The van der Waals surface area contributed by atoms with Crippen LogP contribution in [-0.4, -0.2) is 13.7 Å². The van der Waals surface area contributed by atoms with Crippen LogP contribution in [0.5, 0.6) is 11.5 Å². The van der Waals surface area contributed by atoms with Gasteiger partial charge in [-0.05, 0) is 62.4 Å². The van der Waals surface area contributed by atoms with Crippen LogP contribution in [0.25, 0.3) is 0 Å². The topological polar surface area (TPSA) is 30.5 Å². The lowest BCUT2D eigenvalue weighted by atomic mass is 9.97. The summed E-state index contributed by atoms with van der Waals surface area (Å²) in [5.74, 6) is 1.22. The van der Waals surface area contributed by atoms with E-state index in [1.54, 1.807) is 24.8 Å². The molecule has 0 unspecified atom stereocenters. The molecule has 0 aromatic heterocycles. The molecule has 0 saturated heterocycles. The average molecular weight is 406 g/mol. The molecule has 0 atom stereocenters. The summed E-state index contributed by atoms with van der Waals surface area (Å²) in [7, 11) is 1.65. The van der Waals surface area contributed by atoms with Crippen LogP contribution in [0.2, 0.25) is 0 Å². The summed E-state index contributed by atoms with van der Waals surface area (Å²) < 4.78 is 24.6. The molecule has 1 aliphatic rings. The lowest BCUT2D eigenvalue weighted by Gasteiger charge is -2.16. The number of para-hydroxylation sites is 1. The zero-order valence-electron chi connectivity index (χ0n) is 16.4. The molecule has 0 amide bonds. The van der Waals surface area contributed by atoms with Crippen molar-refractivity contribution in [3.05, 3.63) is 71.1 Å². The van der Waals surface area contributed by atoms with Crippen molar-refractivity contribution in [2.75, 3.05) is 13.7 Å². The van der Waals surface area contributed by atoms with Crippen molar-refractivity contribution in [1.29, 1.82) is 0 Å². The Morgan fingerprint density at radius 1 is 1.07 bits per heavy atom. The summed E-state index contributed by atoms with van der Waals surface area (Å²) in [6, 6.07) is 12.3. The van der Waals surface area contributed by atoms with E-state index >= 15 is 0 Å². The van der Waals surface area contributed by atoms with E-state index in [0.717, 1.165) is 36.4 Å². The molecular formula is C23H29ClFNO2. The van der Waals surface area contributed by atoms with Crippen molar-refractivity contribution in [3.8, 4) is 11.5 Å². The van der Waals surface area contributed by atoms with E-state index in [0.29, 0.717) is 12.4 Å². The first-order chi connectivity index (χ1) is 13.3. The normalized spacial score (nSPS) is 13.4. The van der Waals surface area contributed by atoms with E-state index in [1.807, 2.05) is 12.1 Å². The summed E-state index contributed by atoms with van der Waals surface area (Å²) in [4.78, 5) is 0. The van der Waals surface area contributed by atoms with E-state index in [9.17, 15) is 4.39 Å². The van der Waals surface area contributed by atoms with Gasteiger partial charge in [-0.1, -0.05) is 35.9 Å². The zero-order chi connectivity index (χ0) is 18.9. The van der Waals surface area contributed by atoms with Gasteiger partial charge in [-0.25, -0.2) is 4.39 Å². The third kappa shape index (κ3) is 6.54. The van der Waals surface area contributed by atoms with Gasteiger partial charge in [-0.3, -0.25) is 0 Å². The molecule has 0 bridgehead atoms. The van der Waals surface area contributed by atoms with E-state index in [1.165, 1.54) is 37.8 Å². The monoisotopic (exact) mass is 405 g/mol. The first-order valence-electron chi connectivity index (χ1n) is 9.68. The second-order valence-corrected chi connectivity index (χ2v) is 6.90. The van der Waals surface area contributed by atoms with Crippen LogP contribution in [0.4, 0.5) is 4.39 Å². The van der Waals surface area contributed by atoms with Gasteiger partial charge >= 0.3 is 0 Å². The van der Waals surface area contributed by atoms with Crippen LogP contribution in [0.15, 0.2) is 54.1 Å². The molecule has 1 aliphatic carbocycles. The predicted octanol–water partition coefficient (Wildman–Crippen LogP) is 5.82. The Bertz CT molecular complexity index is 762. The van der Waals surface area contributed by atoms with Gasteiger partial charge in [0.05, 0.1) is 7.11 Å². The molecule has 1 N–H and O–H groups in total. The smallest absolute Gasteiger partial charge is 0.166 e. The Morgan fingerprint density at radius 2 is 1.89 bits per heavy atom. The maximum absolute atomic E-state index is 13.1. The van der Waals surface area contributed by atoms with E-state index in [-0.39, 0.29) is 18.2 Å². The molecule has 3 nitrogen and oxygen atoms in total. The van der Waals surface area contributed by atoms with Crippen LogP contribution >= 0.6 is 12.4 Å². The number of methoxy groups -OCH3 is 1. The minimum Gasteiger partial charge on any atom is -0.493 e. The number of hydrogen-bond donors (Lipinski definition) is 1. The summed E-state index contributed by atoms with van der Waals surface area (Å²) >= 11 is 0. The Balaban J connectivity index is 0.00000280. The Morgan fingerprint density at radius 3 is 2.61 bits per heavy atom. The average Bonchev–Trinajstić information content (AvgIpc) is 2.72. The van der Waals surface area contributed by atoms with Crippen molar-refractivity contribution in [1.82, 2.24) is 5.32 Å². The Kier molecular flexibility index (Phi) is 9.32. The van der Waals surface area contributed by atoms with Crippen LogP contribution in [0.1, 0.15) is 43.2 Å². The molecule has 0 heterocycles. The number of ether oxygens (including phenoxy) is 2. The van der Waals surface area contributed by atoms with Gasteiger partial charge < -0.3 is 14.8 Å². The number of rotatable bonds is 9. The highest BCUT2D eigenvalue weighted by molar-refractivity contribution is 5.85. The van der Waals surface area contributed by atoms with Crippen molar-refractivity contribution >= 4 is 12.4 Å². The van der Waals surface area contributed by atoms with Gasteiger partial charge in [0.2, 0.25) is 0 Å². The van der Waals surface area contributed by atoms with E-state index in [2.05, 4.69) is 17.5 Å². The third-order valence-electron chi connectivity index (χ3n) is 4.90. The number of benzene rings is 2. The number of hydrogen-bond acceptors (Lipinski definition) is 3. The van der Waals surface area contributed by atoms with Crippen LogP contribution in [0.3, 0.4) is 0 Å². The van der Waals surface area contributed by atoms with Gasteiger partial charge in [0.1, 0.15) is 12.4 Å². The highest BCUT2D eigenvalue weighted by Gasteiger charge is 2.11. The molecule has 0 radical (unpaired) electrons. The number of halogens is 2. The largest absolute Gasteiger partial charge is 0.493 e. The van der Waals surface area contributed by atoms with Crippen LogP contribution in [0, 0.1) is 5.82 Å². The van der Waals surface area contributed by atoms with Gasteiger partial charge in [0.15, 0.2) is 11.5 Å². The Labute approximate surface area is 173 Å².